The molecule has 0 radical (unpaired) electrons. The summed E-state index contributed by atoms with van der Waals surface area (Å²) in [5.41, 5.74) is 8.21. The van der Waals surface area contributed by atoms with Gasteiger partial charge in [0.15, 0.2) is 5.96 Å². The van der Waals surface area contributed by atoms with Gasteiger partial charge in [-0.25, -0.2) is 0 Å². The Kier molecular flexibility index (Phi) is 8.12. The molecule has 6 nitrogen and oxygen atoms in total. The molecule has 1 aromatic carbocycles. The van der Waals surface area contributed by atoms with Crippen LogP contribution in [-0.4, -0.2) is 55.2 Å². The summed E-state index contributed by atoms with van der Waals surface area (Å²) in [5, 5.41) is 3.17. The zero-order valence-electron chi connectivity index (χ0n) is 16.5. The first-order valence-electron chi connectivity index (χ1n) is 10.2. The molecule has 0 atom stereocenters. The van der Waals surface area contributed by atoms with Crippen LogP contribution in [0.5, 0.6) is 5.75 Å². The van der Waals surface area contributed by atoms with E-state index in [-0.39, 0.29) is 0 Å². The third-order valence-corrected chi connectivity index (χ3v) is 4.89. The zero-order valence-corrected chi connectivity index (χ0v) is 16.5. The predicted molar refractivity (Wildman–Crippen MR) is 114 cm³/mol. The Hall–Kier alpha value is -2.60. The number of hydrogen-bond donors (Lipinski definition) is 2. The predicted octanol–water partition coefficient (Wildman–Crippen LogP) is 2.25. The lowest BCUT2D eigenvalue weighted by Crippen LogP contribution is -2.33. The first-order valence-corrected chi connectivity index (χ1v) is 10.2. The largest absolute Gasteiger partial charge is 0.492 e. The van der Waals surface area contributed by atoms with Gasteiger partial charge in [-0.05, 0) is 62.2 Å². The van der Waals surface area contributed by atoms with Crippen molar-refractivity contribution < 1.29 is 4.74 Å². The number of aliphatic imine (C=N–C) groups is 1. The highest BCUT2D eigenvalue weighted by atomic mass is 16.5. The quantitative estimate of drug-likeness (QED) is 0.488. The monoisotopic (exact) mass is 381 g/mol. The fourth-order valence-electron chi connectivity index (χ4n) is 3.28. The van der Waals surface area contributed by atoms with Crippen LogP contribution >= 0.6 is 0 Å². The van der Waals surface area contributed by atoms with Gasteiger partial charge >= 0.3 is 0 Å². The highest BCUT2D eigenvalue weighted by molar-refractivity contribution is 5.77. The van der Waals surface area contributed by atoms with Crippen LogP contribution in [0.4, 0.5) is 0 Å². The average Bonchev–Trinajstić information content (AvgIpc) is 3.24. The van der Waals surface area contributed by atoms with Crippen LogP contribution in [0.3, 0.4) is 0 Å². The second-order valence-electron chi connectivity index (χ2n) is 7.06. The normalized spacial score (nSPS) is 14.9. The minimum atomic E-state index is 0.484. The Balaban J connectivity index is 1.30. The molecule has 3 N–H and O–H groups in total. The van der Waals surface area contributed by atoms with E-state index in [9.17, 15) is 0 Å². The lowest BCUT2D eigenvalue weighted by molar-refractivity contribution is 0.238. The summed E-state index contributed by atoms with van der Waals surface area (Å²) < 4.78 is 5.84. The maximum absolute atomic E-state index is 5.93. The second kappa shape index (κ2) is 11.3. The number of ether oxygens (including phenoxy) is 1. The molecule has 0 amide bonds. The number of likely N-dealkylation sites (tertiary alicyclic amines) is 1. The smallest absolute Gasteiger partial charge is 0.188 e. The van der Waals surface area contributed by atoms with Crippen molar-refractivity contribution in [2.45, 2.75) is 25.7 Å². The van der Waals surface area contributed by atoms with Crippen LogP contribution in [0.1, 0.15) is 24.1 Å². The average molecular weight is 382 g/mol. The molecule has 1 saturated heterocycles. The van der Waals surface area contributed by atoms with Gasteiger partial charge in [-0.15, -0.1) is 0 Å². The van der Waals surface area contributed by atoms with Gasteiger partial charge in [0, 0.05) is 37.9 Å². The fraction of sp³-hybridized carbons (Fsp3) is 0.455. The molecule has 0 saturated carbocycles. The summed E-state index contributed by atoms with van der Waals surface area (Å²) in [6.07, 6.45) is 6.13. The van der Waals surface area contributed by atoms with Crippen molar-refractivity contribution in [3.05, 3.63) is 59.9 Å². The van der Waals surface area contributed by atoms with Crippen molar-refractivity contribution in [3.63, 3.8) is 0 Å². The molecule has 6 heteroatoms. The van der Waals surface area contributed by atoms with Gasteiger partial charge in [-0.1, -0.05) is 18.2 Å². The highest BCUT2D eigenvalue weighted by Gasteiger charge is 2.10. The van der Waals surface area contributed by atoms with Crippen LogP contribution in [0.25, 0.3) is 0 Å². The third kappa shape index (κ3) is 7.19. The van der Waals surface area contributed by atoms with Crippen LogP contribution in [0, 0.1) is 0 Å². The third-order valence-electron chi connectivity index (χ3n) is 4.89. The number of hydrogen-bond acceptors (Lipinski definition) is 4. The lowest BCUT2D eigenvalue weighted by Gasteiger charge is -2.15. The zero-order chi connectivity index (χ0) is 19.4. The Morgan fingerprint density at radius 3 is 2.68 bits per heavy atom. The molecule has 1 fully saturated rings. The van der Waals surface area contributed by atoms with E-state index in [0.29, 0.717) is 12.5 Å². The standard InChI is InChI=1S/C22H31N5O/c23-22(26-14-11-20-5-1-2-12-24-20)25-13-10-19-6-8-21(9-7-19)28-18-17-27-15-3-4-16-27/h1-2,5-9,12H,3-4,10-11,13-18H2,(H3,23,25,26). The van der Waals surface area contributed by atoms with E-state index < -0.39 is 0 Å². The number of nitrogens with two attached hydrogens (primary N) is 1. The summed E-state index contributed by atoms with van der Waals surface area (Å²) in [7, 11) is 0. The van der Waals surface area contributed by atoms with E-state index in [1.54, 1.807) is 6.20 Å². The number of nitrogens with one attached hydrogen (secondary N) is 1. The fourth-order valence-corrected chi connectivity index (χ4v) is 3.28. The molecule has 3 rings (SSSR count). The topological polar surface area (TPSA) is 75.8 Å². The van der Waals surface area contributed by atoms with Gasteiger partial charge < -0.3 is 15.8 Å². The Morgan fingerprint density at radius 1 is 1.11 bits per heavy atom. The molecular formula is C22H31N5O. The number of rotatable bonds is 10. The maximum Gasteiger partial charge on any atom is 0.188 e. The molecular weight excluding hydrogens is 350 g/mol. The molecule has 2 heterocycles. The first kappa shape index (κ1) is 20.1. The summed E-state index contributed by atoms with van der Waals surface area (Å²) >= 11 is 0. The molecule has 2 aromatic rings. The second-order valence-corrected chi connectivity index (χ2v) is 7.06. The molecule has 1 aliphatic rings. The first-order chi connectivity index (χ1) is 13.8. The molecule has 0 bridgehead atoms. The van der Waals surface area contributed by atoms with Gasteiger partial charge in [0.2, 0.25) is 0 Å². The van der Waals surface area contributed by atoms with E-state index >= 15 is 0 Å². The number of pyridine rings is 1. The number of aromatic nitrogens is 1. The van der Waals surface area contributed by atoms with Crippen LogP contribution in [0.2, 0.25) is 0 Å². The van der Waals surface area contributed by atoms with Crippen LogP contribution in [0.15, 0.2) is 53.7 Å². The molecule has 1 aromatic heterocycles. The van der Waals surface area contributed by atoms with E-state index in [0.717, 1.165) is 44.0 Å². The van der Waals surface area contributed by atoms with Crippen molar-refractivity contribution in [2.75, 3.05) is 39.3 Å². The van der Waals surface area contributed by atoms with Crippen molar-refractivity contribution in [3.8, 4) is 5.75 Å². The molecule has 150 valence electrons. The van der Waals surface area contributed by atoms with Gasteiger partial charge in [-0.3, -0.25) is 14.9 Å². The molecule has 28 heavy (non-hydrogen) atoms. The summed E-state index contributed by atoms with van der Waals surface area (Å²) in [6.45, 7) is 5.60. The van der Waals surface area contributed by atoms with Crippen molar-refractivity contribution >= 4 is 5.96 Å². The van der Waals surface area contributed by atoms with Gasteiger partial charge in [0.1, 0.15) is 12.4 Å². The van der Waals surface area contributed by atoms with E-state index in [4.69, 9.17) is 10.5 Å². The van der Waals surface area contributed by atoms with Crippen LogP contribution in [-0.2, 0) is 12.8 Å². The van der Waals surface area contributed by atoms with E-state index in [1.807, 2.05) is 30.3 Å². The Bertz CT molecular complexity index is 711. The minimum absolute atomic E-state index is 0.484. The summed E-state index contributed by atoms with van der Waals surface area (Å²) in [5.74, 6) is 1.42. The van der Waals surface area contributed by atoms with Gasteiger partial charge in [0.25, 0.3) is 0 Å². The van der Waals surface area contributed by atoms with Crippen molar-refractivity contribution in [1.29, 1.82) is 0 Å². The minimum Gasteiger partial charge on any atom is -0.492 e. The number of guanidine groups is 1. The number of benzene rings is 1. The Morgan fingerprint density at radius 2 is 1.93 bits per heavy atom. The van der Waals surface area contributed by atoms with Crippen LogP contribution < -0.4 is 15.8 Å². The highest BCUT2D eigenvalue weighted by Crippen LogP contribution is 2.13. The lowest BCUT2D eigenvalue weighted by atomic mass is 10.1. The number of nitrogens with zero attached hydrogens (tertiary/aromatic N) is 3. The van der Waals surface area contributed by atoms with Gasteiger partial charge in [-0.2, -0.15) is 0 Å². The molecule has 0 aliphatic carbocycles. The van der Waals surface area contributed by atoms with E-state index in [1.165, 1.54) is 31.5 Å². The SMILES string of the molecule is NC(=NCCc1ccccn1)NCCc1ccc(OCCN2CCCC2)cc1. The molecule has 0 unspecified atom stereocenters. The molecule has 0 spiro atoms. The maximum atomic E-state index is 5.93. The van der Waals surface area contributed by atoms with Gasteiger partial charge in [0.05, 0.1) is 0 Å². The molecule has 1 aliphatic heterocycles. The Labute approximate surface area is 167 Å². The van der Waals surface area contributed by atoms with E-state index in [2.05, 4.69) is 32.3 Å². The van der Waals surface area contributed by atoms with Crippen molar-refractivity contribution in [1.82, 2.24) is 15.2 Å². The van der Waals surface area contributed by atoms with Crippen molar-refractivity contribution in [2.24, 2.45) is 10.7 Å². The summed E-state index contributed by atoms with van der Waals surface area (Å²) in [4.78, 5) is 11.1. The summed E-state index contributed by atoms with van der Waals surface area (Å²) in [6, 6.07) is 14.2.